The van der Waals surface area contributed by atoms with Gasteiger partial charge in [0.1, 0.15) is 6.04 Å². The predicted octanol–water partition coefficient (Wildman–Crippen LogP) is 0.751. The first-order valence-corrected chi connectivity index (χ1v) is 7.24. The molecule has 0 radical (unpaired) electrons. The molecule has 112 valence electrons. The van der Waals surface area contributed by atoms with Gasteiger partial charge in [-0.3, -0.25) is 9.69 Å². The van der Waals surface area contributed by atoms with E-state index >= 15 is 0 Å². The fraction of sp³-hybridized carbons (Fsp3) is 0.500. The third-order valence-corrected chi connectivity index (χ3v) is 3.81. The van der Waals surface area contributed by atoms with E-state index in [0.717, 1.165) is 18.7 Å². The van der Waals surface area contributed by atoms with E-state index in [9.17, 15) is 4.79 Å². The minimum atomic E-state index is -0.213. The Morgan fingerprint density at radius 3 is 2.86 bits per heavy atom. The van der Waals surface area contributed by atoms with Gasteiger partial charge >= 0.3 is 0 Å². The summed E-state index contributed by atoms with van der Waals surface area (Å²) in [4.78, 5) is 16.0. The molecule has 5 nitrogen and oxygen atoms in total. The van der Waals surface area contributed by atoms with Crippen molar-refractivity contribution in [3.05, 3.63) is 35.4 Å². The summed E-state index contributed by atoms with van der Waals surface area (Å²) < 4.78 is 0. The van der Waals surface area contributed by atoms with Gasteiger partial charge in [-0.05, 0) is 12.5 Å². The molecule has 1 unspecified atom stereocenters. The van der Waals surface area contributed by atoms with Crippen LogP contribution in [0, 0.1) is 18.3 Å². The second-order valence-electron chi connectivity index (χ2n) is 5.55. The normalized spacial score (nSPS) is 19.0. The van der Waals surface area contributed by atoms with E-state index in [1.165, 1.54) is 5.56 Å². The lowest BCUT2D eigenvalue weighted by molar-refractivity contribution is -0.132. The van der Waals surface area contributed by atoms with Gasteiger partial charge in [0.25, 0.3) is 0 Å². The smallest absolute Gasteiger partial charge is 0.236 e. The second-order valence-corrected chi connectivity index (χ2v) is 5.55. The fourth-order valence-corrected chi connectivity index (χ4v) is 2.41. The summed E-state index contributed by atoms with van der Waals surface area (Å²) in [5, 5.41) is 12.3. The number of nitriles is 1. The summed E-state index contributed by atoms with van der Waals surface area (Å²) in [5.74, 6) is 0.0534. The lowest BCUT2D eigenvalue weighted by Gasteiger charge is -2.32. The Kier molecular flexibility index (Phi) is 5.32. The maximum atomic E-state index is 12.3. The average Bonchev–Trinajstić information content (AvgIpc) is 2.50. The Labute approximate surface area is 126 Å². The highest BCUT2D eigenvalue weighted by Gasteiger charge is 2.24. The third-order valence-electron chi connectivity index (χ3n) is 3.81. The number of hydrogen-bond acceptors (Lipinski definition) is 4. The highest BCUT2D eigenvalue weighted by atomic mass is 16.2. The molecular formula is C16H22N4O. The molecule has 1 aliphatic rings. The Morgan fingerprint density at radius 1 is 1.48 bits per heavy atom. The first-order chi connectivity index (χ1) is 10.1. The number of carbonyl (C=O) groups is 1. The van der Waals surface area contributed by atoms with Gasteiger partial charge < -0.3 is 10.2 Å². The molecule has 1 saturated heterocycles. The molecule has 0 aromatic heterocycles. The lowest BCUT2D eigenvalue weighted by Crippen LogP contribution is -2.53. The number of amides is 1. The average molecular weight is 286 g/mol. The van der Waals surface area contributed by atoms with Crippen molar-refractivity contribution in [1.29, 1.82) is 5.26 Å². The van der Waals surface area contributed by atoms with Gasteiger partial charge in [-0.1, -0.05) is 29.8 Å². The zero-order chi connectivity index (χ0) is 15.2. The number of piperazine rings is 1. The minimum Gasteiger partial charge on any atom is -0.340 e. The van der Waals surface area contributed by atoms with Crippen LogP contribution in [0.15, 0.2) is 24.3 Å². The quantitative estimate of drug-likeness (QED) is 0.887. The molecule has 5 heteroatoms. The molecule has 1 aromatic carbocycles. The fourth-order valence-electron chi connectivity index (χ4n) is 2.41. The van der Waals surface area contributed by atoms with Crippen molar-refractivity contribution in [2.45, 2.75) is 19.5 Å². The van der Waals surface area contributed by atoms with Gasteiger partial charge in [-0.25, -0.2) is 0 Å². The molecule has 0 spiro atoms. The van der Waals surface area contributed by atoms with Crippen LogP contribution in [-0.4, -0.2) is 55.0 Å². The van der Waals surface area contributed by atoms with Crippen LogP contribution in [0.25, 0.3) is 0 Å². The molecule has 0 aliphatic carbocycles. The third kappa shape index (κ3) is 4.28. The van der Waals surface area contributed by atoms with Crippen LogP contribution in [-0.2, 0) is 11.3 Å². The van der Waals surface area contributed by atoms with Gasteiger partial charge in [0, 0.05) is 33.2 Å². The molecule has 2 rings (SSSR count). The van der Waals surface area contributed by atoms with Crippen LogP contribution in [0.2, 0.25) is 0 Å². The van der Waals surface area contributed by atoms with Crippen molar-refractivity contribution in [2.75, 3.05) is 33.2 Å². The number of hydrogen-bond donors (Lipinski definition) is 1. The van der Waals surface area contributed by atoms with Crippen LogP contribution in [0.1, 0.15) is 11.1 Å². The van der Waals surface area contributed by atoms with E-state index in [4.69, 9.17) is 5.26 Å². The first-order valence-electron chi connectivity index (χ1n) is 7.24. The highest BCUT2D eigenvalue weighted by Crippen LogP contribution is 2.08. The van der Waals surface area contributed by atoms with Crippen molar-refractivity contribution >= 4 is 5.91 Å². The molecule has 1 heterocycles. The van der Waals surface area contributed by atoms with E-state index in [-0.39, 0.29) is 11.9 Å². The van der Waals surface area contributed by atoms with E-state index in [2.05, 4.69) is 23.5 Å². The van der Waals surface area contributed by atoms with E-state index in [0.29, 0.717) is 19.6 Å². The lowest BCUT2D eigenvalue weighted by atomic mass is 10.1. The number of aryl methyl sites for hydroxylation is 1. The number of nitrogens with zero attached hydrogens (tertiary/aromatic N) is 3. The van der Waals surface area contributed by atoms with Crippen LogP contribution < -0.4 is 5.32 Å². The Balaban J connectivity index is 1.90. The van der Waals surface area contributed by atoms with Crippen LogP contribution >= 0.6 is 0 Å². The molecule has 1 N–H and O–H groups in total. The van der Waals surface area contributed by atoms with Crippen molar-refractivity contribution in [1.82, 2.24) is 15.1 Å². The number of rotatable bonds is 4. The summed E-state index contributed by atoms with van der Waals surface area (Å²) in [6.45, 7) is 5.15. The SMILES string of the molecule is Cc1ccc(CN(C)C(=O)CN2CCNCC2C#N)cc1. The molecule has 1 amide bonds. The highest BCUT2D eigenvalue weighted by molar-refractivity contribution is 5.78. The minimum absolute atomic E-state index is 0.0534. The summed E-state index contributed by atoms with van der Waals surface area (Å²) in [6.07, 6.45) is 0. The Bertz CT molecular complexity index is 520. The number of benzene rings is 1. The molecule has 1 fully saturated rings. The van der Waals surface area contributed by atoms with Crippen LogP contribution in [0.4, 0.5) is 0 Å². The van der Waals surface area contributed by atoms with Crippen molar-refractivity contribution in [2.24, 2.45) is 0 Å². The van der Waals surface area contributed by atoms with Crippen LogP contribution in [0.3, 0.4) is 0 Å². The maximum absolute atomic E-state index is 12.3. The zero-order valence-corrected chi connectivity index (χ0v) is 12.7. The molecule has 0 bridgehead atoms. The second kappa shape index (κ2) is 7.21. The molecule has 21 heavy (non-hydrogen) atoms. The summed E-state index contributed by atoms with van der Waals surface area (Å²) in [6, 6.07) is 10.2. The summed E-state index contributed by atoms with van der Waals surface area (Å²) in [5.41, 5.74) is 2.33. The van der Waals surface area contributed by atoms with E-state index in [1.807, 2.05) is 31.0 Å². The van der Waals surface area contributed by atoms with Gasteiger partial charge in [0.15, 0.2) is 0 Å². The molecule has 1 aliphatic heterocycles. The van der Waals surface area contributed by atoms with Crippen molar-refractivity contribution < 1.29 is 4.79 Å². The summed E-state index contributed by atoms with van der Waals surface area (Å²) in [7, 11) is 1.81. The largest absolute Gasteiger partial charge is 0.340 e. The molecule has 1 aromatic rings. The topological polar surface area (TPSA) is 59.4 Å². The number of nitrogens with one attached hydrogen (secondary N) is 1. The van der Waals surface area contributed by atoms with Gasteiger partial charge in [-0.15, -0.1) is 0 Å². The summed E-state index contributed by atoms with van der Waals surface area (Å²) >= 11 is 0. The molecular weight excluding hydrogens is 264 g/mol. The predicted molar refractivity (Wildman–Crippen MR) is 81.5 cm³/mol. The zero-order valence-electron chi connectivity index (χ0n) is 12.7. The van der Waals surface area contributed by atoms with Crippen LogP contribution in [0.5, 0.6) is 0 Å². The first kappa shape index (κ1) is 15.5. The van der Waals surface area contributed by atoms with Crippen molar-refractivity contribution in [3.63, 3.8) is 0 Å². The standard InChI is InChI=1S/C16H22N4O/c1-13-3-5-14(6-4-13)11-19(2)16(21)12-20-8-7-18-10-15(20)9-17/h3-6,15,18H,7-8,10-12H2,1-2H3. The van der Waals surface area contributed by atoms with Gasteiger partial charge in [0.05, 0.1) is 12.6 Å². The van der Waals surface area contributed by atoms with E-state index < -0.39 is 0 Å². The maximum Gasteiger partial charge on any atom is 0.236 e. The van der Waals surface area contributed by atoms with Gasteiger partial charge in [-0.2, -0.15) is 5.26 Å². The molecule has 1 atom stereocenters. The molecule has 0 saturated carbocycles. The Morgan fingerprint density at radius 2 is 2.19 bits per heavy atom. The number of carbonyl (C=O) groups excluding carboxylic acids is 1. The van der Waals surface area contributed by atoms with E-state index in [1.54, 1.807) is 4.90 Å². The monoisotopic (exact) mass is 286 g/mol. The number of likely N-dealkylation sites (N-methyl/N-ethyl adjacent to an activating group) is 1. The Hall–Kier alpha value is -1.90. The van der Waals surface area contributed by atoms with Crippen molar-refractivity contribution in [3.8, 4) is 6.07 Å². The van der Waals surface area contributed by atoms with Gasteiger partial charge in [0.2, 0.25) is 5.91 Å².